The van der Waals surface area contributed by atoms with Crippen LogP contribution in [0.3, 0.4) is 0 Å². The number of sulfonamides is 1. The highest BCUT2D eigenvalue weighted by Gasteiger charge is 2.31. The maximum Gasteiger partial charge on any atom is 0.342 e. The fourth-order valence-electron chi connectivity index (χ4n) is 1.82. The second kappa shape index (κ2) is 6.38. The topological polar surface area (TPSA) is 112 Å². The van der Waals surface area contributed by atoms with E-state index >= 15 is 0 Å². The summed E-state index contributed by atoms with van der Waals surface area (Å²) in [6.45, 7) is 4.96. The van der Waals surface area contributed by atoms with Crippen molar-refractivity contribution in [1.29, 1.82) is 0 Å². The van der Waals surface area contributed by atoms with E-state index in [0.29, 0.717) is 6.42 Å². The fourth-order valence-corrected chi connectivity index (χ4v) is 3.26. The van der Waals surface area contributed by atoms with E-state index in [4.69, 9.17) is 10.2 Å². The van der Waals surface area contributed by atoms with Gasteiger partial charge in [-0.15, -0.1) is 0 Å². The van der Waals surface area contributed by atoms with Crippen molar-refractivity contribution in [2.75, 3.05) is 13.7 Å². The first-order valence-corrected chi connectivity index (χ1v) is 7.62. The lowest BCUT2D eigenvalue weighted by Crippen LogP contribution is -2.30. The first-order valence-electron chi connectivity index (χ1n) is 6.14. The van der Waals surface area contributed by atoms with Crippen LogP contribution in [0.4, 0.5) is 0 Å². The van der Waals surface area contributed by atoms with Crippen LogP contribution in [0.2, 0.25) is 0 Å². The number of methoxy groups -OCH3 is 1. The Balaban J connectivity index is 3.15. The summed E-state index contributed by atoms with van der Waals surface area (Å²) in [6.07, 6.45) is 0.489. The summed E-state index contributed by atoms with van der Waals surface area (Å²) in [5.41, 5.74) is 5.50. The molecule has 0 spiro atoms. The van der Waals surface area contributed by atoms with Gasteiger partial charge in [0, 0.05) is 12.6 Å². The van der Waals surface area contributed by atoms with Gasteiger partial charge in [0.25, 0.3) is 0 Å². The molecule has 0 aliphatic carbocycles. The van der Waals surface area contributed by atoms with Crippen molar-refractivity contribution in [2.45, 2.75) is 38.1 Å². The molecule has 0 aromatic carbocycles. The van der Waals surface area contributed by atoms with E-state index in [1.165, 1.54) is 21.0 Å². The highest BCUT2D eigenvalue weighted by atomic mass is 32.2. The van der Waals surface area contributed by atoms with Crippen molar-refractivity contribution >= 4 is 16.0 Å². The van der Waals surface area contributed by atoms with Gasteiger partial charge in [0.1, 0.15) is 22.0 Å². The molecule has 0 radical (unpaired) electrons. The lowest BCUT2D eigenvalue weighted by atomic mass is 10.2. The van der Waals surface area contributed by atoms with Crippen LogP contribution in [0.1, 0.15) is 35.2 Å². The SMILES string of the molecule is COC(=O)c1c(C)oc(C)c1S(=O)(=O)NCCC(C)N. The molecule has 0 amide bonds. The third-order valence-corrected chi connectivity index (χ3v) is 4.37. The minimum atomic E-state index is -3.85. The van der Waals surface area contributed by atoms with Crippen LogP contribution in [0, 0.1) is 13.8 Å². The monoisotopic (exact) mass is 304 g/mol. The molecule has 1 aromatic rings. The summed E-state index contributed by atoms with van der Waals surface area (Å²) in [4.78, 5) is 11.5. The van der Waals surface area contributed by atoms with E-state index in [2.05, 4.69) is 9.46 Å². The van der Waals surface area contributed by atoms with Crippen LogP contribution in [0.25, 0.3) is 0 Å². The first-order chi connectivity index (χ1) is 9.20. The normalized spacial score (nSPS) is 13.2. The van der Waals surface area contributed by atoms with Gasteiger partial charge in [0.05, 0.1) is 7.11 Å². The second-order valence-electron chi connectivity index (χ2n) is 4.57. The zero-order valence-electron chi connectivity index (χ0n) is 12.0. The number of aryl methyl sites for hydroxylation is 2. The molecule has 0 bridgehead atoms. The summed E-state index contributed by atoms with van der Waals surface area (Å²) in [5.74, 6) is -0.384. The van der Waals surface area contributed by atoms with Crippen LogP contribution < -0.4 is 10.5 Å². The molecule has 1 rings (SSSR count). The number of furan rings is 1. The summed E-state index contributed by atoms with van der Waals surface area (Å²) in [7, 11) is -2.67. The molecule has 1 atom stereocenters. The van der Waals surface area contributed by atoms with Crippen LogP contribution in [0.5, 0.6) is 0 Å². The van der Waals surface area contributed by atoms with Gasteiger partial charge in [-0.3, -0.25) is 0 Å². The Hall–Kier alpha value is -1.38. The van der Waals surface area contributed by atoms with E-state index in [1.807, 2.05) is 0 Å². The Morgan fingerprint density at radius 1 is 1.40 bits per heavy atom. The number of nitrogens with two attached hydrogens (primary N) is 1. The van der Waals surface area contributed by atoms with Crippen LogP contribution >= 0.6 is 0 Å². The van der Waals surface area contributed by atoms with Crippen molar-refractivity contribution in [1.82, 2.24) is 4.72 Å². The van der Waals surface area contributed by atoms with Crippen molar-refractivity contribution in [3.63, 3.8) is 0 Å². The molecule has 0 aliphatic rings. The van der Waals surface area contributed by atoms with Gasteiger partial charge in [-0.05, 0) is 27.2 Å². The average Bonchev–Trinajstić information content (AvgIpc) is 2.63. The molecule has 3 N–H and O–H groups in total. The fraction of sp³-hybridized carbons (Fsp3) is 0.583. The van der Waals surface area contributed by atoms with E-state index < -0.39 is 16.0 Å². The molecule has 1 unspecified atom stereocenters. The summed E-state index contributed by atoms with van der Waals surface area (Å²) in [6, 6.07) is -0.120. The van der Waals surface area contributed by atoms with Crippen LogP contribution in [-0.4, -0.2) is 34.1 Å². The zero-order chi connectivity index (χ0) is 15.5. The zero-order valence-corrected chi connectivity index (χ0v) is 12.8. The molecule has 8 heteroatoms. The molecule has 0 saturated heterocycles. The minimum Gasteiger partial charge on any atom is -0.465 e. The predicted octanol–water partition coefficient (Wildman–Crippen LogP) is 0.699. The first kappa shape index (κ1) is 16.7. The van der Waals surface area contributed by atoms with Crippen molar-refractivity contribution in [3.8, 4) is 0 Å². The molecule has 20 heavy (non-hydrogen) atoms. The third kappa shape index (κ3) is 3.59. The summed E-state index contributed by atoms with van der Waals surface area (Å²) < 4.78 is 36.8. The Labute approximate surface area is 118 Å². The standard InChI is InChI=1S/C12H20N2O5S/c1-7(13)5-6-14-20(16,17)11-9(3)19-8(2)10(11)12(15)18-4/h7,14H,5-6,13H2,1-4H3. The Bertz CT molecular complexity index is 589. The van der Waals surface area contributed by atoms with Gasteiger partial charge in [0.2, 0.25) is 10.0 Å². The van der Waals surface area contributed by atoms with Gasteiger partial charge in [-0.25, -0.2) is 17.9 Å². The van der Waals surface area contributed by atoms with Gasteiger partial charge in [-0.2, -0.15) is 0 Å². The highest BCUT2D eigenvalue weighted by molar-refractivity contribution is 7.89. The predicted molar refractivity (Wildman–Crippen MR) is 73.0 cm³/mol. The van der Waals surface area contributed by atoms with Crippen molar-refractivity contribution in [2.24, 2.45) is 5.73 Å². The molecule has 1 aromatic heterocycles. The maximum atomic E-state index is 12.3. The van der Waals surface area contributed by atoms with E-state index in [0.717, 1.165) is 0 Å². The van der Waals surface area contributed by atoms with Gasteiger partial charge < -0.3 is 14.9 Å². The second-order valence-corrected chi connectivity index (χ2v) is 6.28. The third-order valence-electron chi connectivity index (χ3n) is 2.76. The molecule has 114 valence electrons. The maximum absolute atomic E-state index is 12.3. The van der Waals surface area contributed by atoms with Crippen molar-refractivity contribution in [3.05, 3.63) is 17.1 Å². The average molecular weight is 304 g/mol. The molecular formula is C12H20N2O5S. The number of carbonyl (C=O) groups is 1. The Kier molecular flexibility index (Phi) is 5.32. The molecule has 1 heterocycles. The number of esters is 1. The Morgan fingerprint density at radius 2 is 2.00 bits per heavy atom. The summed E-state index contributed by atoms with van der Waals surface area (Å²) >= 11 is 0. The number of hydrogen-bond acceptors (Lipinski definition) is 6. The number of carbonyl (C=O) groups excluding carboxylic acids is 1. The lowest BCUT2D eigenvalue weighted by molar-refractivity contribution is 0.0595. The molecule has 0 fully saturated rings. The van der Waals surface area contributed by atoms with Gasteiger partial charge in [-0.1, -0.05) is 0 Å². The molecule has 0 saturated carbocycles. The van der Waals surface area contributed by atoms with Gasteiger partial charge in [0.15, 0.2) is 0 Å². The highest BCUT2D eigenvalue weighted by Crippen LogP contribution is 2.27. The summed E-state index contributed by atoms with van der Waals surface area (Å²) in [5, 5.41) is 0. The number of ether oxygens (including phenoxy) is 1. The quantitative estimate of drug-likeness (QED) is 0.748. The minimum absolute atomic E-state index is 0.0710. The van der Waals surface area contributed by atoms with Gasteiger partial charge >= 0.3 is 5.97 Å². The largest absolute Gasteiger partial charge is 0.465 e. The molecule has 7 nitrogen and oxygen atoms in total. The Morgan fingerprint density at radius 3 is 2.50 bits per heavy atom. The smallest absolute Gasteiger partial charge is 0.342 e. The number of rotatable bonds is 6. The lowest BCUT2D eigenvalue weighted by Gasteiger charge is -2.09. The van der Waals surface area contributed by atoms with Crippen molar-refractivity contribution < 1.29 is 22.4 Å². The molecule has 0 aliphatic heterocycles. The van der Waals surface area contributed by atoms with E-state index in [-0.39, 0.29) is 34.6 Å². The number of hydrogen-bond donors (Lipinski definition) is 2. The van der Waals surface area contributed by atoms with E-state index in [1.54, 1.807) is 6.92 Å². The molecular weight excluding hydrogens is 284 g/mol. The number of nitrogens with one attached hydrogen (secondary N) is 1. The van der Waals surface area contributed by atoms with E-state index in [9.17, 15) is 13.2 Å². The van der Waals surface area contributed by atoms with Crippen LogP contribution in [0.15, 0.2) is 9.31 Å². The van der Waals surface area contributed by atoms with Crippen LogP contribution in [-0.2, 0) is 14.8 Å².